The maximum atomic E-state index is 11.6. The fraction of sp³-hybridized carbons (Fsp3) is 0.385. The van der Waals surface area contributed by atoms with E-state index in [0.29, 0.717) is 25.1 Å². The number of amides is 1. The Morgan fingerprint density at radius 2 is 2.11 bits per heavy atom. The van der Waals surface area contributed by atoms with Crippen LogP contribution in [0.3, 0.4) is 0 Å². The highest BCUT2D eigenvalue weighted by atomic mass is 16.5. The van der Waals surface area contributed by atoms with Crippen molar-refractivity contribution in [2.75, 3.05) is 20.2 Å². The van der Waals surface area contributed by atoms with Crippen LogP contribution in [0.4, 0.5) is 4.79 Å². The molecule has 0 N–H and O–H groups in total. The van der Waals surface area contributed by atoms with Crippen molar-refractivity contribution in [1.82, 2.24) is 4.90 Å². The molecule has 0 aliphatic carbocycles. The lowest BCUT2D eigenvalue weighted by atomic mass is 9.93. The molecule has 5 heteroatoms. The topological polar surface area (TPSA) is 69.7 Å². The fourth-order valence-electron chi connectivity index (χ4n) is 2.33. The molecule has 1 atom stereocenters. The van der Waals surface area contributed by atoms with E-state index in [1.807, 2.05) is 12.1 Å². The highest BCUT2D eigenvalue weighted by Gasteiger charge is 2.27. The summed E-state index contributed by atoms with van der Waals surface area (Å²) in [6.07, 6.45) is -0.463. The fourth-order valence-corrected chi connectivity index (χ4v) is 2.33. The van der Waals surface area contributed by atoms with Crippen LogP contribution >= 0.6 is 0 Å². The van der Waals surface area contributed by atoms with Gasteiger partial charge in [0.15, 0.2) is 0 Å². The summed E-state index contributed by atoms with van der Waals surface area (Å²) < 4.78 is 4.73. The first kappa shape index (κ1) is 12.4. The van der Waals surface area contributed by atoms with Crippen molar-refractivity contribution in [2.24, 2.45) is 0 Å². The number of methoxy groups -OCH3 is 1. The van der Waals surface area contributed by atoms with E-state index < -0.39 is 12.1 Å². The lowest BCUT2D eigenvalue weighted by Gasteiger charge is -2.19. The van der Waals surface area contributed by atoms with E-state index in [2.05, 4.69) is 0 Å². The van der Waals surface area contributed by atoms with Gasteiger partial charge in [-0.1, -0.05) is 18.2 Å². The van der Waals surface area contributed by atoms with E-state index in [0.717, 1.165) is 5.56 Å². The van der Waals surface area contributed by atoms with Crippen LogP contribution in [0.5, 0.6) is 0 Å². The molecule has 0 saturated carbocycles. The molecule has 1 fully saturated rings. The second-order valence-electron chi connectivity index (χ2n) is 4.28. The van der Waals surface area contributed by atoms with Gasteiger partial charge in [0.1, 0.15) is 6.09 Å². The van der Waals surface area contributed by atoms with E-state index in [9.17, 15) is 14.7 Å². The number of ether oxygens (including phenoxy) is 1. The zero-order valence-electron chi connectivity index (χ0n) is 10.1. The van der Waals surface area contributed by atoms with Gasteiger partial charge in [0.05, 0.1) is 12.7 Å². The predicted octanol–water partition coefficient (Wildman–Crippen LogP) is 0.606. The van der Waals surface area contributed by atoms with Gasteiger partial charge in [-0.2, -0.15) is 0 Å². The Kier molecular flexibility index (Phi) is 3.50. The van der Waals surface area contributed by atoms with Gasteiger partial charge < -0.3 is 19.5 Å². The zero-order valence-corrected chi connectivity index (χ0v) is 10.1. The second kappa shape index (κ2) is 5.08. The number of rotatable bonds is 2. The summed E-state index contributed by atoms with van der Waals surface area (Å²) in [5.41, 5.74) is 1.35. The van der Waals surface area contributed by atoms with Crippen molar-refractivity contribution in [3.05, 3.63) is 35.4 Å². The number of carbonyl (C=O) groups excluding carboxylic acids is 2. The largest absolute Gasteiger partial charge is 0.530 e. The molecule has 2 rings (SSSR count). The third kappa shape index (κ3) is 2.30. The van der Waals surface area contributed by atoms with Crippen molar-refractivity contribution in [2.45, 2.75) is 12.3 Å². The molecule has 0 aromatic heterocycles. The standard InChI is InChI=1S/C13H15NO4/c1-18-12(15)11-5-3-2-4-10(11)9-6-7-14(8-9)13(16)17/h2-5,9H,6-8H2,1H3,(H,16,17)/p-1. The molecular formula is C13H14NO4-. The van der Waals surface area contributed by atoms with Gasteiger partial charge in [-0.25, -0.2) is 4.79 Å². The van der Waals surface area contributed by atoms with E-state index in [4.69, 9.17) is 4.74 Å². The molecule has 1 aliphatic heterocycles. The Balaban J connectivity index is 2.24. The van der Waals surface area contributed by atoms with Crippen molar-refractivity contribution in [3.8, 4) is 0 Å². The minimum Gasteiger partial charge on any atom is -0.530 e. The summed E-state index contributed by atoms with van der Waals surface area (Å²) in [6, 6.07) is 7.14. The van der Waals surface area contributed by atoms with Crippen LogP contribution in [0.15, 0.2) is 24.3 Å². The first-order valence-electron chi connectivity index (χ1n) is 5.76. The molecule has 1 heterocycles. The van der Waals surface area contributed by atoms with Crippen LogP contribution in [0.2, 0.25) is 0 Å². The number of carboxylic acid groups (broad SMARTS) is 1. The van der Waals surface area contributed by atoms with Crippen molar-refractivity contribution in [1.29, 1.82) is 0 Å². The molecule has 1 amide bonds. The molecule has 1 saturated heterocycles. The van der Waals surface area contributed by atoms with Gasteiger partial charge in [-0.05, 0) is 18.1 Å². The summed E-state index contributed by atoms with van der Waals surface area (Å²) in [5.74, 6) is -0.365. The monoisotopic (exact) mass is 248 g/mol. The van der Waals surface area contributed by atoms with Gasteiger partial charge in [-0.15, -0.1) is 0 Å². The SMILES string of the molecule is COC(=O)c1ccccc1C1CCN(C(=O)[O-])C1. The van der Waals surface area contributed by atoms with Gasteiger partial charge >= 0.3 is 5.97 Å². The summed E-state index contributed by atoms with van der Waals surface area (Å²) in [4.78, 5) is 23.7. The summed E-state index contributed by atoms with van der Waals surface area (Å²) in [5, 5.41) is 10.8. The number of esters is 1. The van der Waals surface area contributed by atoms with Gasteiger partial charge in [0, 0.05) is 19.0 Å². The van der Waals surface area contributed by atoms with E-state index in [1.54, 1.807) is 12.1 Å². The van der Waals surface area contributed by atoms with Gasteiger partial charge in [-0.3, -0.25) is 0 Å². The molecule has 18 heavy (non-hydrogen) atoms. The number of nitrogens with zero attached hydrogens (tertiary/aromatic N) is 1. The quantitative estimate of drug-likeness (QED) is 0.719. The van der Waals surface area contributed by atoms with Crippen LogP contribution in [0.25, 0.3) is 0 Å². The lowest BCUT2D eigenvalue weighted by Crippen LogP contribution is -2.39. The van der Waals surface area contributed by atoms with E-state index >= 15 is 0 Å². The van der Waals surface area contributed by atoms with Crippen molar-refractivity contribution in [3.63, 3.8) is 0 Å². The van der Waals surface area contributed by atoms with Gasteiger partial charge in [0.25, 0.3) is 0 Å². The Morgan fingerprint density at radius 1 is 1.39 bits per heavy atom. The summed E-state index contributed by atoms with van der Waals surface area (Å²) in [7, 11) is 1.33. The normalized spacial score (nSPS) is 18.7. The first-order valence-corrected chi connectivity index (χ1v) is 5.76. The van der Waals surface area contributed by atoms with Crippen LogP contribution in [-0.2, 0) is 4.74 Å². The highest BCUT2D eigenvalue weighted by Crippen LogP contribution is 2.29. The van der Waals surface area contributed by atoms with Crippen LogP contribution in [-0.4, -0.2) is 37.2 Å². The van der Waals surface area contributed by atoms with Crippen molar-refractivity contribution < 1.29 is 19.4 Å². The molecule has 1 aromatic carbocycles. The average molecular weight is 248 g/mol. The number of likely N-dealkylation sites (tertiary alicyclic amines) is 1. The molecular weight excluding hydrogens is 234 g/mol. The molecule has 1 aliphatic rings. The minimum absolute atomic E-state index is 0.0261. The van der Waals surface area contributed by atoms with E-state index in [1.165, 1.54) is 12.0 Å². The molecule has 0 radical (unpaired) electrons. The Hall–Kier alpha value is -2.04. The highest BCUT2D eigenvalue weighted by molar-refractivity contribution is 5.91. The predicted molar refractivity (Wildman–Crippen MR) is 62.1 cm³/mol. The lowest BCUT2D eigenvalue weighted by molar-refractivity contribution is -0.264. The van der Waals surface area contributed by atoms with Crippen LogP contribution in [0.1, 0.15) is 28.3 Å². The van der Waals surface area contributed by atoms with Crippen LogP contribution in [0, 0.1) is 0 Å². The third-order valence-corrected chi connectivity index (χ3v) is 3.25. The summed E-state index contributed by atoms with van der Waals surface area (Å²) in [6.45, 7) is 0.818. The molecule has 1 unspecified atom stereocenters. The maximum absolute atomic E-state index is 11.6. The van der Waals surface area contributed by atoms with Gasteiger partial charge in [0.2, 0.25) is 0 Å². The van der Waals surface area contributed by atoms with Crippen molar-refractivity contribution >= 4 is 12.1 Å². The molecule has 0 bridgehead atoms. The average Bonchev–Trinajstić information content (AvgIpc) is 2.87. The number of benzene rings is 1. The zero-order chi connectivity index (χ0) is 13.1. The molecule has 0 spiro atoms. The summed E-state index contributed by atoms with van der Waals surface area (Å²) >= 11 is 0. The van der Waals surface area contributed by atoms with Crippen LogP contribution < -0.4 is 5.11 Å². The Labute approximate surface area is 105 Å². The Bertz CT molecular complexity index is 472. The Morgan fingerprint density at radius 3 is 2.72 bits per heavy atom. The molecule has 1 aromatic rings. The second-order valence-corrected chi connectivity index (χ2v) is 4.28. The first-order chi connectivity index (χ1) is 8.63. The third-order valence-electron chi connectivity index (χ3n) is 3.25. The van der Waals surface area contributed by atoms with E-state index in [-0.39, 0.29) is 5.92 Å². The molecule has 5 nitrogen and oxygen atoms in total. The smallest absolute Gasteiger partial charge is 0.338 e. The molecule has 96 valence electrons. The maximum Gasteiger partial charge on any atom is 0.338 e. The number of hydrogen-bond acceptors (Lipinski definition) is 4. The minimum atomic E-state index is -1.16. The number of carbonyl (C=O) groups is 2. The number of hydrogen-bond donors (Lipinski definition) is 0.